The van der Waals surface area contributed by atoms with Gasteiger partial charge in [-0.05, 0) is 29.7 Å². The molecule has 1 aliphatic heterocycles. The van der Waals surface area contributed by atoms with Gasteiger partial charge in [-0.15, -0.1) is 11.3 Å². The molecular weight excluding hydrogens is 338 g/mol. The van der Waals surface area contributed by atoms with Crippen LogP contribution < -0.4 is 21.0 Å². The van der Waals surface area contributed by atoms with Crippen LogP contribution in [0.3, 0.4) is 0 Å². The molecule has 0 bridgehead atoms. The number of H-pyrrole nitrogens is 2. The molecule has 0 spiro atoms. The number of carbonyl (C=O) groups is 2. The Bertz CT molecular complexity index is 1170. The molecule has 4 rings (SSSR count). The van der Waals surface area contributed by atoms with E-state index in [1.807, 2.05) is 17.5 Å². The summed E-state index contributed by atoms with van der Waals surface area (Å²) in [6, 6.07) is 10.6. The van der Waals surface area contributed by atoms with Crippen molar-refractivity contribution in [2.45, 2.75) is 0 Å². The van der Waals surface area contributed by atoms with E-state index in [4.69, 9.17) is 0 Å². The number of hydrogen-bond acceptors (Lipinski definition) is 4. The van der Waals surface area contributed by atoms with Crippen molar-refractivity contribution in [3.63, 3.8) is 0 Å². The van der Waals surface area contributed by atoms with E-state index in [1.54, 1.807) is 37.4 Å². The third-order valence-corrected chi connectivity index (χ3v) is 4.97. The fourth-order valence-corrected chi connectivity index (χ4v) is 3.56. The highest BCUT2D eigenvalue weighted by Gasteiger charge is 2.33. The summed E-state index contributed by atoms with van der Waals surface area (Å²) in [5.41, 5.74) is 0.576. The Balaban J connectivity index is 2.07. The number of nitrogens with zero attached hydrogens (tertiary/aromatic N) is 1. The molecule has 1 aromatic carbocycles. The van der Waals surface area contributed by atoms with Gasteiger partial charge in [0.15, 0.2) is 0 Å². The zero-order valence-corrected chi connectivity index (χ0v) is 14.0. The summed E-state index contributed by atoms with van der Waals surface area (Å²) in [5, 5.41) is 7.55. The smallest absolute Gasteiger partial charge is 0.271 e. The van der Waals surface area contributed by atoms with E-state index in [0.29, 0.717) is 11.3 Å². The van der Waals surface area contributed by atoms with Gasteiger partial charge in [0, 0.05) is 17.5 Å². The molecule has 0 aliphatic carbocycles. The summed E-state index contributed by atoms with van der Waals surface area (Å²) in [6.07, 6.45) is 1.67. The normalized spacial score (nSPS) is 17.2. The zero-order chi connectivity index (χ0) is 17.6. The van der Waals surface area contributed by atoms with Gasteiger partial charge in [-0.1, -0.05) is 18.2 Å². The number of Topliss-reactive ketones (excluding diaryl/α,β-unsaturated/α-hetero) is 1. The number of rotatable bonds is 1. The van der Waals surface area contributed by atoms with E-state index in [1.165, 1.54) is 16.2 Å². The second kappa shape index (κ2) is 5.71. The van der Waals surface area contributed by atoms with E-state index >= 15 is 0 Å². The number of amides is 1. The number of benzene rings is 1. The summed E-state index contributed by atoms with van der Waals surface area (Å²) in [4.78, 5) is 40.2. The molecular formula is C18H13N3O3S. The Kier molecular flexibility index (Phi) is 3.51. The first kappa shape index (κ1) is 15.3. The molecule has 6 nitrogen and oxygen atoms in total. The van der Waals surface area contributed by atoms with Gasteiger partial charge in [0.25, 0.3) is 11.5 Å². The van der Waals surface area contributed by atoms with Crippen LogP contribution in [0.2, 0.25) is 0 Å². The number of aromatic amines is 2. The number of nitrogens with one attached hydrogen (secondary N) is 2. The maximum atomic E-state index is 12.9. The summed E-state index contributed by atoms with van der Waals surface area (Å²) < 4.78 is 0. The predicted molar refractivity (Wildman–Crippen MR) is 96.1 cm³/mol. The number of aromatic nitrogens is 2. The molecule has 3 aromatic rings. The molecule has 0 fully saturated rings. The first-order valence-corrected chi connectivity index (χ1v) is 8.44. The van der Waals surface area contributed by atoms with Crippen molar-refractivity contribution in [1.82, 2.24) is 10.2 Å². The predicted octanol–water partition coefficient (Wildman–Crippen LogP) is 0.603. The highest BCUT2D eigenvalue weighted by Crippen LogP contribution is 2.28. The van der Waals surface area contributed by atoms with Crippen molar-refractivity contribution in [2.75, 3.05) is 11.9 Å². The Labute approximate surface area is 145 Å². The van der Waals surface area contributed by atoms with Crippen molar-refractivity contribution in [1.29, 1.82) is 0 Å². The van der Waals surface area contributed by atoms with Crippen LogP contribution >= 0.6 is 11.3 Å². The maximum absolute atomic E-state index is 12.9. The maximum Gasteiger partial charge on any atom is 0.271 e. The van der Waals surface area contributed by atoms with Gasteiger partial charge in [-0.25, -0.2) is 0 Å². The van der Waals surface area contributed by atoms with Crippen LogP contribution in [0, 0.1) is 0 Å². The lowest BCUT2D eigenvalue weighted by Crippen LogP contribution is -2.44. The third kappa shape index (κ3) is 2.36. The summed E-state index contributed by atoms with van der Waals surface area (Å²) in [5.74, 6) is -0.838. The van der Waals surface area contributed by atoms with Crippen LogP contribution in [0.4, 0.5) is 5.69 Å². The summed E-state index contributed by atoms with van der Waals surface area (Å²) in [7, 11) is 1.61. The molecule has 2 aromatic heterocycles. The number of thiophene rings is 1. The lowest BCUT2D eigenvalue weighted by molar-refractivity contribution is -0.113. The Morgan fingerprint density at radius 1 is 1.04 bits per heavy atom. The molecule has 0 atom stereocenters. The van der Waals surface area contributed by atoms with Gasteiger partial charge in [0.2, 0.25) is 5.78 Å². The quantitative estimate of drug-likeness (QED) is 0.673. The van der Waals surface area contributed by atoms with Crippen molar-refractivity contribution in [3.8, 4) is 0 Å². The fraction of sp³-hybridized carbons (Fsp3) is 0.0556. The lowest BCUT2D eigenvalue weighted by Gasteiger charge is -2.25. The Morgan fingerprint density at radius 3 is 2.60 bits per heavy atom. The van der Waals surface area contributed by atoms with Crippen LogP contribution in [-0.4, -0.2) is 28.9 Å². The molecule has 0 saturated heterocycles. The molecule has 0 radical (unpaired) electrons. The molecule has 25 heavy (non-hydrogen) atoms. The summed E-state index contributed by atoms with van der Waals surface area (Å²) >= 11 is 1.46. The zero-order valence-electron chi connectivity index (χ0n) is 13.2. The minimum absolute atomic E-state index is 0.0395. The number of ketones is 1. The van der Waals surface area contributed by atoms with E-state index in [2.05, 4.69) is 10.2 Å². The average molecular weight is 351 g/mol. The van der Waals surface area contributed by atoms with Crippen molar-refractivity contribution in [2.24, 2.45) is 0 Å². The summed E-state index contributed by atoms with van der Waals surface area (Å²) in [6.45, 7) is 0. The highest BCUT2D eigenvalue weighted by molar-refractivity contribution is 7.10. The van der Waals surface area contributed by atoms with Gasteiger partial charge in [0.05, 0.1) is 16.3 Å². The highest BCUT2D eigenvalue weighted by atomic mass is 32.1. The molecule has 7 heteroatoms. The topological polar surface area (TPSA) is 86.0 Å². The SMILES string of the molecule is CN1C(=O)/C(=c2/[nH][nH]c(=O)/c2=C\c2cccs2)C(=O)c2ccccc21. The second-order valence-corrected chi connectivity index (χ2v) is 6.59. The van der Waals surface area contributed by atoms with E-state index in [-0.39, 0.29) is 21.7 Å². The molecule has 3 heterocycles. The van der Waals surface area contributed by atoms with Crippen LogP contribution in [-0.2, 0) is 4.79 Å². The Hall–Kier alpha value is -3.19. The molecule has 124 valence electrons. The molecule has 1 amide bonds. The van der Waals surface area contributed by atoms with Crippen LogP contribution in [0.1, 0.15) is 15.2 Å². The molecule has 0 unspecified atom stereocenters. The minimum atomic E-state index is -0.445. The van der Waals surface area contributed by atoms with Gasteiger partial charge in [-0.3, -0.25) is 24.6 Å². The van der Waals surface area contributed by atoms with Crippen LogP contribution in [0.15, 0.2) is 46.6 Å². The van der Waals surface area contributed by atoms with Gasteiger partial charge in [0.1, 0.15) is 5.57 Å². The van der Waals surface area contributed by atoms with Crippen molar-refractivity contribution in [3.05, 3.63) is 73.1 Å². The van der Waals surface area contributed by atoms with Crippen LogP contribution in [0.5, 0.6) is 0 Å². The average Bonchev–Trinajstić information content (AvgIpc) is 3.25. The monoisotopic (exact) mass is 351 g/mol. The first-order valence-electron chi connectivity index (χ1n) is 7.56. The number of para-hydroxylation sites is 1. The van der Waals surface area contributed by atoms with E-state index < -0.39 is 11.7 Å². The Morgan fingerprint density at radius 2 is 1.84 bits per heavy atom. The third-order valence-electron chi connectivity index (χ3n) is 4.15. The molecule has 0 saturated carbocycles. The lowest BCUT2D eigenvalue weighted by atomic mass is 9.95. The van der Waals surface area contributed by atoms with Gasteiger partial charge < -0.3 is 4.90 Å². The van der Waals surface area contributed by atoms with Gasteiger partial charge in [-0.2, -0.15) is 0 Å². The number of fused-ring (bicyclic) bond motifs is 1. The van der Waals surface area contributed by atoms with Crippen molar-refractivity contribution >= 4 is 40.4 Å². The minimum Gasteiger partial charge on any atom is -0.310 e. The number of hydrogen-bond donors (Lipinski definition) is 2. The van der Waals surface area contributed by atoms with Crippen molar-refractivity contribution < 1.29 is 9.59 Å². The second-order valence-electron chi connectivity index (χ2n) is 5.61. The first-order chi connectivity index (χ1) is 12.1. The van der Waals surface area contributed by atoms with Gasteiger partial charge >= 0.3 is 0 Å². The van der Waals surface area contributed by atoms with E-state index in [0.717, 1.165) is 4.88 Å². The molecule has 2 N–H and O–H groups in total. The standard InChI is InChI=1S/C18H13N3O3S/c1-21-13-7-3-2-6-11(13)16(22)14(18(21)24)15-12(17(23)20-19-15)9-10-5-4-8-25-10/h2-9,19H,1H3,(H,20,23)/b12-9-,15-14+. The van der Waals surface area contributed by atoms with E-state index in [9.17, 15) is 14.4 Å². The fourth-order valence-electron chi connectivity index (χ4n) is 2.91. The number of carbonyl (C=O) groups excluding carboxylic acids is 2. The molecule has 1 aliphatic rings. The van der Waals surface area contributed by atoms with Crippen LogP contribution in [0.25, 0.3) is 11.6 Å². The largest absolute Gasteiger partial charge is 0.310 e. The number of anilines is 1.